The minimum Gasteiger partial charge on any atom is -0.147 e. The number of halogens is 1. The van der Waals surface area contributed by atoms with Crippen molar-refractivity contribution in [2.75, 3.05) is 0 Å². The molecule has 0 radical (unpaired) electrons. The van der Waals surface area contributed by atoms with E-state index in [2.05, 4.69) is 58.6 Å². The van der Waals surface area contributed by atoms with Gasteiger partial charge in [-0.25, -0.2) is 0 Å². The second kappa shape index (κ2) is 5.19. The molecule has 15 heavy (non-hydrogen) atoms. The zero-order valence-corrected chi connectivity index (χ0v) is 11.6. The summed E-state index contributed by atoms with van der Waals surface area (Å²) < 4.78 is 1.19. The molecule has 3 heteroatoms. The van der Waals surface area contributed by atoms with Gasteiger partial charge in [-0.2, -0.15) is 0 Å². The van der Waals surface area contributed by atoms with Crippen LogP contribution < -0.4 is 0 Å². The van der Waals surface area contributed by atoms with E-state index in [0.29, 0.717) is 0 Å². The summed E-state index contributed by atoms with van der Waals surface area (Å²) in [4.78, 5) is 2.76. The Morgan fingerprint density at radius 3 is 2.87 bits per heavy atom. The van der Waals surface area contributed by atoms with E-state index in [-0.39, 0.29) is 0 Å². The third kappa shape index (κ3) is 3.37. The number of hydrogen-bond donors (Lipinski definition) is 0. The first-order chi connectivity index (χ1) is 7.24. The van der Waals surface area contributed by atoms with Gasteiger partial charge in [0.05, 0.1) is 0 Å². The fourth-order valence-corrected chi connectivity index (χ4v) is 3.81. The van der Waals surface area contributed by atoms with Crippen molar-refractivity contribution >= 4 is 39.0 Å². The van der Waals surface area contributed by atoms with Gasteiger partial charge in [0.2, 0.25) is 0 Å². The van der Waals surface area contributed by atoms with Crippen LogP contribution in [0.2, 0.25) is 0 Å². The molecule has 0 N–H and O–H groups in total. The van der Waals surface area contributed by atoms with Crippen LogP contribution in [0.5, 0.6) is 0 Å². The maximum absolute atomic E-state index is 3.47. The van der Waals surface area contributed by atoms with E-state index >= 15 is 0 Å². The minimum absolute atomic E-state index is 1.06. The molecule has 0 bridgehead atoms. The smallest absolute Gasteiger partial charge is 0.0326 e. The van der Waals surface area contributed by atoms with Crippen LogP contribution in [-0.2, 0) is 5.75 Å². The normalized spacial score (nSPS) is 10.5. The predicted octanol–water partition coefficient (Wildman–Crippen LogP) is 5.11. The molecule has 1 heterocycles. The van der Waals surface area contributed by atoms with Crippen molar-refractivity contribution in [3.63, 3.8) is 0 Å². The van der Waals surface area contributed by atoms with Gasteiger partial charge in [0.1, 0.15) is 0 Å². The van der Waals surface area contributed by atoms with Crippen LogP contribution in [0.3, 0.4) is 0 Å². The lowest BCUT2D eigenvalue weighted by atomic mass is 10.2. The van der Waals surface area contributed by atoms with Crippen molar-refractivity contribution in [1.29, 1.82) is 0 Å². The van der Waals surface area contributed by atoms with Crippen LogP contribution in [0.15, 0.2) is 45.1 Å². The number of thioether (sulfide) groups is 1. The molecule has 0 saturated carbocycles. The molecule has 0 fully saturated rings. The van der Waals surface area contributed by atoms with Gasteiger partial charge in [0.25, 0.3) is 0 Å². The van der Waals surface area contributed by atoms with Crippen LogP contribution in [0.1, 0.15) is 10.4 Å². The van der Waals surface area contributed by atoms with Gasteiger partial charge in [-0.05, 0) is 41.1 Å². The van der Waals surface area contributed by atoms with Crippen molar-refractivity contribution in [1.82, 2.24) is 0 Å². The van der Waals surface area contributed by atoms with Crippen molar-refractivity contribution < 1.29 is 0 Å². The van der Waals surface area contributed by atoms with Crippen LogP contribution in [0, 0.1) is 6.92 Å². The summed E-state index contributed by atoms with van der Waals surface area (Å²) in [6.07, 6.45) is 0. The molecule has 0 unspecified atom stereocenters. The summed E-state index contributed by atoms with van der Waals surface area (Å²) >= 11 is 7.17. The van der Waals surface area contributed by atoms with E-state index < -0.39 is 0 Å². The van der Waals surface area contributed by atoms with Crippen LogP contribution in [0.4, 0.5) is 0 Å². The van der Waals surface area contributed by atoms with Crippen LogP contribution >= 0.6 is 39.0 Å². The molecule has 0 amide bonds. The Morgan fingerprint density at radius 1 is 1.33 bits per heavy atom. The van der Waals surface area contributed by atoms with E-state index in [4.69, 9.17) is 0 Å². The molecule has 0 spiro atoms. The standard InChI is InChI=1S/C12H11BrS2/c1-9-3-2-4-11(5-9)15-8-12-6-10(13)7-14-12/h2-7H,8H2,1H3. The van der Waals surface area contributed by atoms with Gasteiger partial charge in [0.15, 0.2) is 0 Å². The first kappa shape index (κ1) is 11.2. The molecule has 0 nitrogen and oxygen atoms in total. The molecular weight excluding hydrogens is 288 g/mol. The summed E-state index contributed by atoms with van der Waals surface area (Å²) in [6.45, 7) is 2.13. The summed E-state index contributed by atoms with van der Waals surface area (Å²) in [5.74, 6) is 1.06. The monoisotopic (exact) mass is 298 g/mol. The Morgan fingerprint density at radius 2 is 2.20 bits per heavy atom. The van der Waals surface area contributed by atoms with E-state index in [9.17, 15) is 0 Å². The lowest BCUT2D eigenvalue weighted by Crippen LogP contribution is -1.76. The highest BCUT2D eigenvalue weighted by Crippen LogP contribution is 2.28. The van der Waals surface area contributed by atoms with Crippen LogP contribution in [-0.4, -0.2) is 0 Å². The van der Waals surface area contributed by atoms with Crippen LogP contribution in [0.25, 0.3) is 0 Å². The number of rotatable bonds is 3. The van der Waals surface area contributed by atoms with Gasteiger partial charge in [0, 0.05) is 25.4 Å². The average Bonchev–Trinajstić information content (AvgIpc) is 2.62. The Hall–Kier alpha value is -0.250. The first-order valence-corrected chi connectivity index (χ1v) is 7.32. The fourth-order valence-electron chi connectivity index (χ4n) is 1.29. The van der Waals surface area contributed by atoms with Crippen molar-refractivity contribution in [3.05, 3.63) is 50.6 Å². The zero-order chi connectivity index (χ0) is 10.7. The Bertz CT molecular complexity index is 448. The lowest BCUT2D eigenvalue weighted by molar-refractivity contribution is 1.35. The van der Waals surface area contributed by atoms with E-state index in [0.717, 1.165) is 5.75 Å². The Labute approximate surface area is 107 Å². The highest BCUT2D eigenvalue weighted by molar-refractivity contribution is 9.10. The largest absolute Gasteiger partial charge is 0.147 e. The zero-order valence-electron chi connectivity index (χ0n) is 8.37. The molecule has 0 aliphatic rings. The topological polar surface area (TPSA) is 0 Å². The maximum Gasteiger partial charge on any atom is 0.0326 e. The summed E-state index contributed by atoms with van der Waals surface area (Å²) in [5.41, 5.74) is 1.33. The highest BCUT2D eigenvalue weighted by Gasteiger charge is 1.99. The molecule has 0 aliphatic heterocycles. The van der Waals surface area contributed by atoms with E-state index in [1.807, 2.05) is 11.8 Å². The second-order valence-corrected chi connectivity index (χ2v) is 6.30. The first-order valence-electron chi connectivity index (χ1n) is 4.66. The number of thiophene rings is 1. The predicted molar refractivity (Wildman–Crippen MR) is 72.8 cm³/mol. The van der Waals surface area contributed by atoms with Crippen molar-refractivity contribution in [3.8, 4) is 0 Å². The third-order valence-electron chi connectivity index (χ3n) is 1.99. The molecular formula is C12H11BrS2. The quantitative estimate of drug-likeness (QED) is 0.710. The fraction of sp³-hybridized carbons (Fsp3) is 0.167. The van der Waals surface area contributed by atoms with Gasteiger partial charge in [-0.1, -0.05) is 17.7 Å². The molecule has 1 aromatic heterocycles. The molecule has 78 valence electrons. The van der Waals surface area contributed by atoms with Crippen molar-refractivity contribution in [2.45, 2.75) is 17.6 Å². The highest BCUT2D eigenvalue weighted by atomic mass is 79.9. The van der Waals surface area contributed by atoms with E-state index in [1.54, 1.807) is 11.3 Å². The molecule has 1 aromatic carbocycles. The SMILES string of the molecule is Cc1cccc(SCc2cc(Br)cs2)c1. The summed E-state index contributed by atoms with van der Waals surface area (Å²) in [7, 11) is 0. The number of hydrogen-bond acceptors (Lipinski definition) is 2. The van der Waals surface area contributed by atoms with Gasteiger partial charge >= 0.3 is 0 Å². The molecule has 0 saturated heterocycles. The Kier molecular flexibility index (Phi) is 3.89. The Balaban J connectivity index is 1.99. The molecule has 2 aromatic rings. The van der Waals surface area contributed by atoms with Gasteiger partial charge < -0.3 is 0 Å². The molecule has 2 rings (SSSR count). The minimum atomic E-state index is 1.06. The van der Waals surface area contributed by atoms with Gasteiger partial charge in [-0.15, -0.1) is 23.1 Å². The number of aryl methyl sites for hydroxylation is 1. The summed E-state index contributed by atoms with van der Waals surface area (Å²) in [6, 6.07) is 10.8. The molecule has 0 aliphatic carbocycles. The average molecular weight is 299 g/mol. The van der Waals surface area contributed by atoms with E-state index in [1.165, 1.54) is 19.8 Å². The second-order valence-electron chi connectivity index (χ2n) is 3.34. The van der Waals surface area contributed by atoms with Crippen molar-refractivity contribution in [2.24, 2.45) is 0 Å². The lowest BCUT2D eigenvalue weighted by Gasteiger charge is -2.00. The van der Waals surface area contributed by atoms with Gasteiger partial charge in [-0.3, -0.25) is 0 Å². The molecule has 0 atom stereocenters. The maximum atomic E-state index is 3.47. The number of benzene rings is 1. The summed E-state index contributed by atoms with van der Waals surface area (Å²) in [5, 5.41) is 2.13. The third-order valence-corrected chi connectivity index (χ3v) is 4.92.